The highest BCUT2D eigenvalue weighted by Gasteiger charge is 2.50. The highest BCUT2D eigenvalue weighted by molar-refractivity contribution is 9.10. The van der Waals surface area contributed by atoms with Crippen molar-refractivity contribution in [2.45, 2.75) is 57.7 Å². The van der Waals surface area contributed by atoms with Gasteiger partial charge >= 0.3 is 6.03 Å². The summed E-state index contributed by atoms with van der Waals surface area (Å²) in [6.07, 6.45) is 2.99. The van der Waals surface area contributed by atoms with E-state index in [2.05, 4.69) is 21.2 Å². The van der Waals surface area contributed by atoms with Crippen LogP contribution < -0.4 is 5.32 Å². The fraction of sp³-hybridized carbons (Fsp3) is 0.526. The number of halogens is 1. The summed E-state index contributed by atoms with van der Waals surface area (Å²) < 4.78 is 0.823. The molecule has 7 heteroatoms. The van der Waals surface area contributed by atoms with E-state index in [4.69, 9.17) is 0 Å². The van der Waals surface area contributed by atoms with Crippen molar-refractivity contribution in [1.82, 2.24) is 15.1 Å². The van der Waals surface area contributed by atoms with E-state index in [0.29, 0.717) is 5.56 Å². The molecule has 0 aromatic heterocycles. The van der Waals surface area contributed by atoms with Gasteiger partial charge in [-0.2, -0.15) is 0 Å². The van der Waals surface area contributed by atoms with E-state index in [1.54, 1.807) is 19.1 Å². The van der Waals surface area contributed by atoms with Crippen molar-refractivity contribution in [1.29, 1.82) is 0 Å². The van der Waals surface area contributed by atoms with Crippen LogP contribution >= 0.6 is 15.9 Å². The number of imide groups is 1. The number of hydrogen-bond donors (Lipinski definition) is 1. The molecule has 0 radical (unpaired) electrons. The van der Waals surface area contributed by atoms with Crippen molar-refractivity contribution >= 4 is 33.8 Å². The number of nitrogens with one attached hydrogen (secondary N) is 1. The van der Waals surface area contributed by atoms with Crippen LogP contribution in [0.3, 0.4) is 0 Å². The quantitative estimate of drug-likeness (QED) is 0.762. The molecular weight excluding hydrogens is 398 g/mol. The number of hydrogen-bond acceptors (Lipinski definition) is 3. The zero-order valence-electron chi connectivity index (χ0n) is 15.3. The molecule has 2 heterocycles. The molecule has 2 saturated heterocycles. The van der Waals surface area contributed by atoms with Gasteiger partial charge in [0.05, 0.1) is 0 Å². The Labute approximate surface area is 162 Å². The van der Waals surface area contributed by atoms with Gasteiger partial charge in [0.25, 0.3) is 5.91 Å². The fourth-order valence-corrected chi connectivity index (χ4v) is 4.36. The van der Waals surface area contributed by atoms with Crippen LogP contribution in [0.1, 0.15) is 45.6 Å². The molecule has 0 spiro atoms. The molecule has 3 rings (SSSR count). The second-order valence-corrected chi connectivity index (χ2v) is 8.30. The van der Waals surface area contributed by atoms with E-state index < -0.39 is 17.5 Å². The van der Waals surface area contributed by atoms with Gasteiger partial charge in [-0.15, -0.1) is 0 Å². The number of carbonyl (C=O) groups excluding carboxylic acids is 3. The number of carbonyl (C=O) groups is 3. The third kappa shape index (κ3) is 3.24. The molecule has 1 aromatic rings. The van der Waals surface area contributed by atoms with Crippen molar-refractivity contribution < 1.29 is 14.4 Å². The lowest BCUT2D eigenvalue weighted by Gasteiger charge is -2.39. The molecule has 3 atom stereocenters. The zero-order valence-corrected chi connectivity index (χ0v) is 16.9. The summed E-state index contributed by atoms with van der Waals surface area (Å²) in [5, 5.41) is 2.75. The van der Waals surface area contributed by atoms with Gasteiger partial charge in [-0.05, 0) is 57.7 Å². The summed E-state index contributed by atoms with van der Waals surface area (Å²) in [6.45, 7) is 5.49. The van der Waals surface area contributed by atoms with Crippen molar-refractivity contribution in [3.05, 3.63) is 34.3 Å². The highest BCUT2D eigenvalue weighted by atomic mass is 79.9. The summed E-state index contributed by atoms with van der Waals surface area (Å²) >= 11 is 3.39. The van der Waals surface area contributed by atoms with Crippen LogP contribution in [0, 0.1) is 0 Å². The van der Waals surface area contributed by atoms with E-state index >= 15 is 0 Å². The van der Waals surface area contributed by atoms with Gasteiger partial charge in [-0.25, -0.2) is 4.79 Å². The Bertz CT molecular complexity index is 743. The lowest BCUT2D eigenvalue weighted by Crippen LogP contribution is -2.52. The highest BCUT2D eigenvalue weighted by Crippen LogP contribution is 2.31. The van der Waals surface area contributed by atoms with E-state index in [1.165, 1.54) is 0 Å². The summed E-state index contributed by atoms with van der Waals surface area (Å²) in [5.74, 6) is -0.571. The molecule has 0 bridgehead atoms. The normalized spacial score (nSPS) is 29.1. The summed E-state index contributed by atoms with van der Waals surface area (Å²) in [5.41, 5.74) is -0.486. The van der Waals surface area contributed by atoms with Crippen LogP contribution in [0.25, 0.3) is 0 Å². The van der Waals surface area contributed by atoms with Crippen LogP contribution in [-0.2, 0) is 15.1 Å². The van der Waals surface area contributed by atoms with Gasteiger partial charge in [0.15, 0.2) is 0 Å². The molecule has 6 nitrogen and oxygen atoms in total. The molecule has 2 aliphatic rings. The summed E-state index contributed by atoms with van der Waals surface area (Å²) in [6, 6.07) is 7.00. The molecule has 2 fully saturated rings. The monoisotopic (exact) mass is 421 g/mol. The Morgan fingerprint density at radius 1 is 1.27 bits per heavy atom. The molecule has 1 N–H and O–H groups in total. The number of amides is 4. The minimum Gasteiger partial charge on any atom is -0.336 e. The predicted octanol–water partition coefficient (Wildman–Crippen LogP) is 3.01. The molecule has 26 heavy (non-hydrogen) atoms. The first-order chi connectivity index (χ1) is 12.2. The van der Waals surface area contributed by atoms with Gasteiger partial charge in [-0.3, -0.25) is 14.5 Å². The van der Waals surface area contributed by atoms with Crippen molar-refractivity contribution in [3.63, 3.8) is 0 Å². The minimum absolute atomic E-state index is 0.128. The van der Waals surface area contributed by atoms with Crippen LogP contribution in [0.2, 0.25) is 0 Å². The second-order valence-electron chi connectivity index (χ2n) is 7.39. The second kappa shape index (κ2) is 7.02. The average Bonchev–Trinajstić information content (AvgIpc) is 2.79. The zero-order chi connectivity index (χ0) is 19.1. The fourth-order valence-electron chi connectivity index (χ4n) is 3.97. The third-order valence-corrected chi connectivity index (χ3v) is 5.95. The lowest BCUT2D eigenvalue weighted by atomic mass is 9.92. The van der Waals surface area contributed by atoms with E-state index in [1.807, 2.05) is 30.9 Å². The Kier molecular flexibility index (Phi) is 5.10. The molecule has 2 aliphatic heterocycles. The molecule has 0 aliphatic carbocycles. The van der Waals surface area contributed by atoms with Gasteiger partial charge < -0.3 is 10.2 Å². The number of urea groups is 1. The Balaban J connectivity index is 1.80. The topological polar surface area (TPSA) is 69.7 Å². The smallest absolute Gasteiger partial charge is 0.325 e. The molecule has 4 amide bonds. The predicted molar refractivity (Wildman–Crippen MR) is 101 cm³/mol. The SMILES string of the molecule is C[C@H]1CCC[C@H](C)N1C(=O)CN1C(=O)N[C@](C)(c2cccc(Br)c2)C1=O. The number of likely N-dealkylation sites (tertiary alicyclic amines) is 1. The first kappa shape index (κ1) is 18.9. The van der Waals surface area contributed by atoms with Crippen molar-refractivity contribution in [2.24, 2.45) is 0 Å². The van der Waals surface area contributed by atoms with Gasteiger partial charge in [0.1, 0.15) is 12.1 Å². The maximum Gasteiger partial charge on any atom is 0.325 e. The standard InChI is InChI=1S/C19H24BrN3O3/c1-12-6-4-7-13(2)23(12)16(24)11-22-17(25)19(3,21-18(22)26)14-8-5-9-15(20)10-14/h5,8-10,12-13H,4,6-7,11H2,1-3H3,(H,21,26)/t12-,13-,19+/m0/s1. The summed E-state index contributed by atoms with van der Waals surface area (Å²) in [4.78, 5) is 41.1. The van der Waals surface area contributed by atoms with Gasteiger partial charge in [-0.1, -0.05) is 28.1 Å². The Morgan fingerprint density at radius 3 is 2.54 bits per heavy atom. The van der Waals surface area contributed by atoms with Gasteiger partial charge in [0, 0.05) is 16.6 Å². The Morgan fingerprint density at radius 2 is 1.92 bits per heavy atom. The average molecular weight is 422 g/mol. The summed E-state index contributed by atoms with van der Waals surface area (Å²) in [7, 11) is 0. The van der Waals surface area contributed by atoms with Gasteiger partial charge in [0.2, 0.25) is 5.91 Å². The van der Waals surface area contributed by atoms with E-state index in [9.17, 15) is 14.4 Å². The lowest BCUT2D eigenvalue weighted by molar-refractivity contribution is -0.142. The molecule has 0 saturated carbocycles. The Hall–Kier alpha value is -1.89. The molecule has 1 aromatic carbocycles. The maximum atomic E-state index is 13.0. The largest absolute Gasteiger partial charge is 0.336 e. The third-order valence-electron chi connectivity index (χ3n) is 5.45. The first-order valence-electron chi connectivity index (χ1n) is 8.95. The van der Waals surface area contributed by atoms with Crippen molar-refractivity contribution in [3.8, 4) is 0 Å². The van der Waals surface area contributed by atoms with Crippen LogP contribution in [0.4, 0.5) is 4.79 Å². The number of nitrogens with zero attached hydrogens (tertiary/aromatic N) is 2. The van der Waals surface area contributed by atoms with E-state index in [0.717, 1.165) is 28.6 Å². The molecule has 0 unspecified atom stereocenters. The first-order valence-corrected chi connectivity index (χ1v) is 9.74. The number of piperidine rings is 1. The number of benzene rings is 1. The van der Waals surface area contributed by atoms with Crippen molar-refractivity contribution in [2.75, 3.05) is 6.54 Å². The van der Waals surface area contributed by atoms with Crippen LogP contribution in [0.5, 0.6) is 0 Å². The van der Waals surface area contributed by atoms with Crippen LogP contribution in [0.15, 0.2) is 28.7 Å². The number of rotatable bonds is 3. The van der Waals surface area contributed by atoms with E-state index in [-0.39, 0.29) is 24.5 Å². The van der Waals surface area contributed by atoms with Crippen LogP contribution in [-0.4, -0.2) is 46.3 Å². The molecule has 140 valence electrons. The minimum atomic E-state index is -1.17. The maximum absolute atomic E-state index is 13.0. The molecular formula is C19H24BrN3O3.